The van der Waals surface area contributed by atoms with Crippen molar-refractivity contribution in [2.75, 3.05) is 24.7 Å². The standard InChI is InChI=1S/C25H33FN7O7P/c1-6-25(26)19(34)17(39-23(25)33-13-29-18-20(28-5)30-24(27)31-21(18)33)12-37-41(36,40-16-10-8-7-9-11-16)32-15(4)22(35)38-14(2)3/h6-11,13-15,17,19,23,34H,1,12H2,2-5H3,(H,32,36)(H3,27,28,30,31)/t15-,17?,19+,23+,25+,41?/m0/s1. The molecule has 0 spiro atoms. The van der Waals surface area contributed by atoms with Gasteiger partial charge in [0.05, 0.1) is 19.0 Å². The van der Waals surface area contributed by atoms with Gasteiger partial charge in [-0.05, 0) is 39.0 Å². The number of aromatic nitrogens is 4. The smallest absolute Gasteiger partial charge is 0.459 e. The topological polar surface area (TPSA) is 185 Å². The van der Waals surface area contributed by atoms with Crippen molar-refractivity contribution in [3.63, 3.8) is 0 Å². The van der Waals surface area contributed by atoms with Gasteiger partial charge in [-0.1, -0.05) is 24.8 Å². The molecule has 14 nitrogen and oxygen atoms in total. The Morgan fingerprint density at radius 2 is 2.05 bits per heavy atom. The maximum atomic E-state index is 16.3. The van der Waals surface area contributed by atoms with Gasteiger partial charge in [0.15, 0.2) is 23.2 Å². The first-order valence-corrected chi connectivity index (χ1v) is 14.3. The highest BCUT2D eigenvalue weighted by Gasteiger charge is 2.57. The first kappa shape index (κ1) is 30.3. The van der Waals surface area contributed by atoms with Gasteiger partial charge in [-0.3, -0.25) is 13.9 Å². The average molecular weight is 594 g/mol. The fraction of sp³-hybridized carbons (Fsp3) is 0.440. The number of alkyl halides is 1. The zero-order chi connectivity index (χ0) is 29.9. The number of fused-ring (bicyclic) bond motifs is 1. The first-order chi connectivity index (χ1) is 19.4. The lowest BCUT2D eigenvalue weighted by Crippen LogP contribution is -2.42. The first-order valence-electron chi connectivity index (χ1n) is 12.7. The number of ether oxygens (including phenoxy) is 2. The van der Waals surface area contributed by atoms with E-state index in [1.807, 2.05) is 0 Å². The van der Waals surface area contributed by atoms with Gasteiger partial charge in [0.25, 0.3) is 0 Å². The van der Waals surface area contributed by atoms with Crippen molar-refractivity contribution in [3.05, 3.63) is 49.3 Å². The number of benzene rings is 1. The molecule has 1 aromatic carbocycles. The SMILES string of the molecule is C=C[C@@]1(F)[C@H](O)C(COP(=O)(N[C@@H](C)C(=O)OC(C)C)Oc2ccccc2)O[C@H]1n1cnc2c(NC)nc(N)nc21. The summed E-state index contributed by atoms with van der Waals surface area (Å²) in [6.07, 6.45) is -2.93. The molecule has 16 heteroatoms. The van der Waals surface area contributed by atoms with Gasteiger partial charge in [0, 0.05) is 7.05 Å². The summed E-state index contributed by atoms with van der Waals surface area (Å²) in [6, 6.07) is 6.99. The van der Waals surface area contributed by atoms with Crippen molar-refractivity contribution >= 4 is 36.6 Å². The van der Waals surface area contributed by atoms with E-state index < -0.39 is 56.6 Å². The molecule has 1 saturated heterocycles. The van der Waals surface area contributed by atoms with Crippen molar-refractivity contribution in [2.45, 2.75) is 57.0 Å². The van der Waals surface area contributed by atoms with E-state index in [1.165, 1.54) is 30.0 Å². The molecule has 0 bridgehead atoms. The summed E-state index contributed by atoms with van der Waals surface area (Å²) < 4.78 is 53.6. The number of hydrogen-bond donors (Lipinski definition) is 4. The Labute approximate surface area is 235 Å². The number of aliphatic hydroxyl groups excluding tert-OH is 1. The van der Waals surface area contributed by atoms with Crippen molar-refractivity contribution < 1.29 is 37.4 Å². The van der Waals surface area contributed by atoms with Crippen LogP contribution in [0.3, 0.4) is 0 Å². The third kappa shape index (κ3) is 6.34. The Hall–Kier alpha value is -3.62. The van der Waals surface area contributed by atoms with E-state index in [1.54, 1.807) is 39.1 Å². The van der Waals surface area contributed by atoms with Crippen LogP contribution in [0.4, 0.5) is 16.2 Å². The van der Waals surface area contributed by atoms with Crippen LogP contribution in [0.25, 0.3) is 11.2 Å². The molecular formula is C25H33FN7O7P. The number of nitrogens with one attached hydrogen (secondary N) is 2. The highest BCUT2D eigenvalue weighted by atomic mass is 31.2. The van der Waals surface area contributed by atoms with E-state index >= 15 is 4.39 Å². The van der Waals surface area contributed by atoms with Gasteiger partial charge in [-0.15, -0.1) is 0 Å². The number of aliphatic hydroxyl groups is 1. The Morgan fingerprint density at radius 1 is 1.34 bits per heavy atom. The summed E-state index contributed by atoms with van der Waals surface area (Å²) in [4.78, 5) is 24.8. The summed E-state index contributed by atoms with van der Waals surface area (Å²) in [5.74, 6) is -0.309. The maximum absolute atomic E-state index is 16.3. The molecule has 0 amide bonds. The predicted octanol–water partition coefficient (Wildman–Crippen LogP) is 2.74. The van der Waals surface area contributed by atoms with Gasteiger partial charge in [-0.2, -0.15) is 15.1 Å². The number of halogens is 1. The number of nitrogens with zero attached hydrogens (tertiary/aromatic N) is 4. The van der Waals surface area contributed by atoms with Gasteiger partial charge in [0.2, 0.25) is 11.6 Å². The van der Waals surface area contributed by atoms with Crippen LogP contribution in [-0.4, -0.2) is 74.3 Å². The molecule has 3 heterocycles. The van der Waals surface area contributed by atoms with Crippen LogP contribution in [0.1, 0.15) is 27.0 Å². The molecule has 1 aliphatic rings. The van der Waals surface area contributed by atoms with E-state index in [2.05, 4.69) is 31.9 Å². The monoisotopic (exact) mass is 593 g/mol. The Bertz CT molecular complexity index is 1440. The molecule has 5 N–H and O–H groups in total. The van der Waals surface area contributed by atoms with Gasteiger partial charge in [-0.25, -0.2) is 13.9 Å². The Kier molecular flexibility index (Phi) is 8.94. The molecule has 1 aliphatic heterocycles. The largest absolute Gasteiger partial charge is 0.462 e. The number of nitrogen functional groups attached to an aromatic ring is 1. The van der Waals surface area contributed by atoms with E-state index in [4.69, 9.17) is 24.3 Å². The molecule has 2 aromatic heterocycles. The fourth-order valence-corrected chi connectivity index (χ4v) is 5.69. The zero-order valence-corrected chi connectivity index (χ0v) is 23.8. The highest BCUT2D eigenvalue weighted by molar-refractivity contribution is 7.52. The lowest BCUT2D eigenvalue weighted by Gasteiger charge is -2.26. The summed E-state index contributed by atoms with van der Waals surface area (Å²) in [5, 5.41) is 16.4. The Morgan fingerprint density at radius 3 is 2.68 bits per heavy atom. The molecule has 6 atom stereocenters. The van der Waals surface area contributed by atoms with Crippen LogP contribution in [0.2, 0.25) is 0 Å². The molecule has 0 aliphatic carbocycles. The number of esters is 1. The van der Waals surface area contributed by atoms with E-state index in [0.717, 1.165) is 6.08 Å². The minimum Gasteiger partial charge on any atom is -0.462 e. The van der Waals surface area contributed by atoms with Crippen LogP contribution in [0.15, 0.2) is 49.3 Å². The summed E-state index contributed by atoms with van der Waals surface area (Å²) in [7, 11) is -2.70. The predicted molar refractivity (Wildman–Crippen MR) is 148 cm³/mol. The van der Waals surface area contributed by atoms with E-state index in [-0.39, 0.29) is 22.9 Å². The third-order valence-corrected chi connectivity index (χ3v) is 7.81. The summed E-state index contributed by atoms with van der Waals surface area (Å²) in [5.41, 5.74) is 3.70. The summed E-state index contributed by atoms with van der Waals surface area (Å²) >= 11 is 0. The van der Waals surface area contributed by atoms with Crippen molar-refractivity contribution in [1.82, 2.24) is 24.6 Å². The quantitative estimate of drug-likeness (QED) is 0.137. The minimum absolute atomic E-state index is 0.0970. The second kappa shape index (κ2) is 12.1. The molecule has 4 rings (SSSR count). The fourth-order valence-electron chi connectivity index (χ4n) is 4.19. The van der Waals surface area contributed by atoms with Crippen molar-refractivity contribution in [3.8, 4) is 5.75 Å². The number of carbonyl (C=O) groups is 1. The van der Waals surface area contributed by atoms with Crippen LogP contribution in [-0.2, 0) is 23.4 Å². The maximum Gasteiger partial charge on any atom is 0.459 e. The molecule has 2 unspecified atom stereocenters. The lowest BCUT2D eigenvalue weighted by atomic mass is 9.96. The van der Waals surface area contributed by atoms with Gasteiger partial charge >= 0.3 is 13.7 Å². The molecule has 41 heavy (non-hydrogen) atoms. The van der Waals surface area contributed by atoms with Gasteiger partial charge in [0.1, 0.15) is 24.0 Å². The highest BCUT2D eigenvalue weighted by Crippen LogP contribution is 2.48. The third-order valence-electron chi connectivity index (χ3n) is 6.16. The number of anilines is 2. The van der Waals surface area contributed by atoms with Crippen molar-refractivity contribution in [1.29, 1.82) is 0 Å². The van der Waals surface area contributed by atoms with Crippen molar-refractivity contribution in [2.24, 2.45) is 0 Å². The second-order valence-corrected chi connectivity index (χ2v) is 11.2. The van der Waals surface area contributed by atoms with Gasteiger partial charge < -0.3 is 30.2 Å². The molecule has 0 radical (unpaired) electrons. The normalized spacial score (nSPS) is 24.6. The molecule has 0 saturated carbocycles. The number of nitrogens with two attached hydrogens (primary N) is 1. The van der Waals surface area contributed by atoms with Crippen LogP contribution >= 0.6 is 7.75 Å². The number of carbonyl (C=O) groups excluding carboxylic acids is 1. The molecule has 3 aromatic rings. The molecule has 1 fully saturated rings. The minimum atomic E-state index is -4.31. The summed E-state index contributed by atoms with van der Waals surface area (Å²) in [6.45, 7) is 7.69. The zero-order valence-electron chi connectivity index (χ0n) is 22.9. The van der Waals surface area contributed by atoms with E-state index in [0.29, 0.717) is 5.82 Å². The van der Waals surface area contributed by atoms with E-state index in [9.17, 15) is 14.5 Å². The van der Waals surface area contributed by atoms with Crippen LogP contribution in [0, 0.1) is 0 Å². The molecular weight excluding hydrogens is 560 g/mol. The number of para-hydroxylation sites is 1. The Balaban J connectivity index is 1.59. The van der Waals surface area contributed by atoms with Crippen LogP contribution < -0.4 is 20.7 Å². The lowest BCUT2D eigenvalue weighted by molar-refractivity contribution is -0.149. The number of hydrogen-bond acceptors (Lipinski definition) is 12. The van der Waals surface area contributed by atoms with Crippen LogP contribution in [0.5, 0.6) is 5.75 Å². The molecule has 222 valence electrons. The number of rotatable bonds is 12. The number of imidazole rings is 1. The second-order valence-electron chi connectivity index (χ2n) is 9.54. The average Bonchev–Trinajstić information content (AvgIpc) is 3.45.